The first-order valence-corrected chi connectivity index (χ1v) is 6.64. The van der Waals surface area contributed by atoms with Crippen molar-refractivity contribution in [3.63, 3.8) is 0 Å². The Morgan fingerprint density at radius 2 is 1.92 bits per heavy atom. The Balaban J connectivity index is 2.27. The minimum Gasteiger partial charge on any atom is -0.317 e. The normalized spacial score (nSPS) is 22.2. The summed E-state index contributed by atoms with van der Waals surface area (Å²) in [5.41, 5.74) is 0. The second kappa shape index (κ2) is 5.92. The third kappa shape index (κ3) is 3.90. The summed E-state index contributed by atoms with van der Waals surface area (Å²) in [5.74, 6) is 4.54. The van der Waals surface area contributed by atoms with Crippen molar-refractivity contribution >= 4 is 11.8 Å². The van der Waals surface area contributed by atoms with Gasteiger partial charge in [-0.05, 0) is 49.7 Å². The highest BCUT2D eigenvalue weighted by Crippen LogP contribution is 2.27. The Morgan fingerprint density at radius 1 is 1.31 bits per heavy atom. The van der Waals surface area contributed by atoms with E-state index in [-0.39, 0.29) is 0 Å². The van der Waals surface area contributed by atoms with E-state index in [0.29, 0.717) is 0 Å². The van der Waals surface area contributed by atoms with E-state index in [0.717, 1.165) is 17.9 Å². The zero-order valence-electron chi connectivity index (χ0n) is 9.18. The predicted octanol–water partition coefficient (Wildman–Crippen LogP) is 2.76. The van der Waals surface area contributed by atoms with Gasteiger partial charge in [0.2, 0.25) is 0 Å². The smallest absolute Gasteiger partial charge is 0.00897 e. The van der Waals surface area contributed by atoms with Gasteiger partial charge in [-0.15, -0.1) is 0 Å². The third-order valence-corrected chi connectivity index (χ3v) is 4.15. The standard InChI is InChI=1S/C11H23NS/c1-9(2)11(12-3)8-10-4-6-13-7-5-10/h9-12H,4-8H2,1-3H3. The van der Waals surface area contributed by atoms with E-state index in [1.165, 1.54) is 30.8 Å². The van der Waals surface area contributed by atoms with Gasteiger partial charge in [0, 0.05) is 6.04 Å². The van der Waals surface area contributed by atoms with Crippen LogP contribution in [0.5, 0.6) is 0 Å². The average Bonchev–Trinajstić information content (AvgIpc) is 2.15. The first-order chi connectivity index (χ1) is 6.24. The second-order valence-corrected chi connectivity index (χ2v) is 5.66. The number of rotatable bonds is 4. The Bertz CT molecular complexity index is 130. The van der Waals surface area contributed by atoms with E-state index in [1.54, 1.807) is 0 Å². The van der Waals surface area contributed by atoms with Crippen LogP contribution in [0.3, 0.4) is 0 Å². The van der Waals surface area contributed by atoms with Gasteiger partial charge in [0.05, 0.1) is 0 Å². The molecule has 1 nitrogen and oxygen atoms in total. The molecule has 1 fully saturated rings. The van der Waals surface area contributed by atoms with Gasteiger partial charge in [-0.25, -0.2) is 0 Å². The van der Waals surface area contributed by atoms with Crippen LogP contribution in [0, 0.1) is 11.8 Å². The fraction of sp³-hybridized carbons (Fsp3) is 1.00. The molecule has 1 saturated heterocycles. The van der Waals surface area contributed by atoms with Gasteiger partial charge in [-0.3, -0.25) is 0 Å². The fourth-order valence-electron chi connectivity index (χ4n) is 2.06. The van der Waals surface area contributed by atoms with E-state index in [4.69, 9.17) is 0 Å². The number of nitrogens with one attached hydrogen (secondary N) is 1. The Kier molecular flexibility index (Phi) is 5.18. The fourth-order valence-corrected chi connectivity index (χ4v) is 3.27. The zero-order chi connectivity index (χ0) is 9.68. The summed E-state index contributed by atoms with van der Waals surface area (Å²) in [5, 5.41) is 3.44. The SMILES string of the molecule is CNC(CC1CCSCC1)C(C)C. The summed E-state index contributed by atoms with van der Waals surface area (Å²) in [6.45, 7) is 4.64. The van der Waals surface area contributed by atoms with Crippen molar-refractivity contribution in [3.05, 3.63) is 0 Å². The summed E-state index contributed by atoms with van der Waals surface area (Å²) >= 11 is 2.12. The topological polar surface area (TPSA) is 12.0 Å². The lowest BCUT2D eigenvalue weighted by atomic mass is 9.89. The lowest BCUT2D eigenvalue weighted by molar-refractivity contribution is 0.321. The number of hydrogen-bond acceptors (Lipinski definition) is 2. The Hall–Kier alpha value is 0.310. The van der Waals surface area contributed by atoms with Crippen LogP contribution in [0.15, 0.2) is 0 Å². The molecule has 1 atom stereocenters. The Morgan fingerprint density at radius 3 is 2.38 bits per heavy atom. The van der Waals surface area contributed by atoms with Crippen molar-refractivity contribution in [3.8, 4) is 0 Å². The molecule has 0 spiro atoms. The molecule has 0 aromatic heterocycles. The Labute approximate surface area is 87.1 Å². The number of hydrogen-bond donors (Lipinski definition) is 1. The maximum atomic E-state index is 3.44. The zero-order valence-corrected chi connectivity index (χ0v) is 9.99. The molecule has 1 rings (SSSR count). The first kappa shape index (κ1) is 11.4. The molecule has 0 aromatic rings. The first-order valence-electron chi connectivity index (χ1n) is 5.49. The van der Waals surface area contributed by atoms with Crippen LogP contribution in [0.2, 0.25) is 0 Å². The molecule has 0 bridgehead atoms. The van der Waals surface area contributed by atoms with Crippen LogP contribution < -0.4 is 5.32 Å². The molecule has 1 N–H and O–H groups in total. The third-order valence-electron chi connectivity index (χ3n) is 3.10. The van der Waals surface area contributed by atoms with Crippen LogP contribution in [0.1, 0.15) is 33.1 Å². The van der Waals surface area contributed by atoms with Crippen molar-refractivity contribution < 1.29 is 0 Å². The predicted molar refractivity (Wildman–Crippen MR) is 62.4 cm³/mol. The van der Waals surface area contributed by atoms with E-state index in [9.17, 15) is 0 Å². The van der Waals surface area contributed by atoms with Crippen LogP contribution in [-0.2, 0) is 0 Å². The molecule has 0 radical (unpaired) electrons. The maximum Gasteiger partial charge on any atom is 0.00897 e. The van der Waals surface area contributed by atoms with E-state index < -0.39 is 0 Å². The summed E-state index contributed by atoms with van der Waals surface area (Å²) in [7, 11) is 2.10. The molecule has 0 aliphatic carbocycles. The lowest BCUT2D eigenvalue weighted by Gasteiger charge is -2.28. The van der Waals surface area contributed by atoms with E-state index >= 15 is 0 Å². The molecule has 1 aliphatic rings. The highest BCUT2D eigenvalue weighted by molar-refractivity contribution is 7.99. The second-order valence-electron chi connectivity index (χ2n) is 4.43. The molecule has 0 saturated carbocycles. The van der Waals surface area contributed by atoms with Crippen LogP contribution in [0.4, 0.5) is 0 Å². The van der Waals surface area contributed by atoms with Crippen molar-refractivity contribution in [2.75, 3.05) is 18.6 Å². The summed E-state index contributed by atoms with van der Waals surface area (Å²) in [6.07, 6.45) is 4.26. The molecule has 78 valence electrons. The lowest BCUT2D eigenvalue weighted by Crippen LogP contribution is -2.33. The van der Waals surface area contributed by atoms with E-state index in [2.05, 4.69) is 38.0 Å². The van der Waals surface area contributed by atoms with Gasteiger partial charge in [-0.1, -0.05) is 13.8 Å². The minimum absolute atomic E-state index is 0.730. The van der Waals surface area contributed by atoms with Gasteiger partial charge < -0.3 is 5.32 Å². The van der Waals surface area contributed by atoms with Crippen molar-refractivity contribution in [1.29, 1.82) is 0 Å². The molecule has 0 amide bonds. The molecule has 13 heavy (non-hydrogen) atoms. The molecular formula is C11H23NS. The molecule has 1 unspecified atom stereocenters. The summed E-state index contributed by atoms with van der Waals surface area (Å²) in [4.78, 5) is 0. The van der Waals surface area contributed by atoms with E-state index in [1.807, 2.05) is 0 Å². The quantitative estimate of drug-likeness (QED) is 0.750. The monoisotopic (exact) mass is 201 g/mol. The molecule has 1 heterocycles. The minimum atomic E-state index is 0.730. The van der Waals surface area contributed by atoms with Crippen molar-refractivity contribution in [2.45, 2.75) is 39.2 Å². The highest BCUT2D eigenvalue weighted by atomic mass is 32.2. The van der Waals surface area contributed by atoms with Crippen LogP contribution in [-0.4, -0.2) is 24.6 Å². The van der Waals surface area contributed by atoms with Crippen molar-refractivity contribution in [1.82, 2.24) is 5.32 Å². The van der Waals surface area contributed by atoms with Gasteiger partial charge in [0.15, 0.2) is 0 Å². The molecule has 2 heteroatoms. The van der Waals surface area contributed by atoms with Crippen LogP contribution in [0.25, 0.3) is 0 Å². The molecule has 1 aliphatic heterocycles. The highest BCUT2D eigenvalue weighted by Gasteiger charge is 2.19. The van der Waals surface area contributed by atoms with Crippen molar-refractivity contribution in [2.24, 2.45) is 11.8 Å². The van der Waals surface area contributed by atoms with Gasteiger partial charge in [-0.2, -0.15) is 11.8 Å². The van der Waals surface area contributed by atoms with Crippen LogP contribution >= 0.6 is 11.8 Å². The molecular weight excluding hydrogens is 178 g/mol. The largest absolute Gasteiger partial charge is 0.317 e. The summed E-state index contributed by atoms with van der Waals surface area (Å²) < 4.78 is 0. The maximum absolute atomic E-state index is 3.44. The average molecular weight is 201 g/mol. The van der Waals surface area contributed by atoms with Gasteiger partial charge in [0.25, 0.3) is 0 Å². The van der Waals surface area contributed by atoms with Gasteiger partial charge >= 0.3 is 0 Å². The summed E-state index contributed by atoms with van der Waals surface area (Å²) in [6, 6.07) is 0.730. The van der Waals surface area contributed by atoms with Gasteiger partial charge in [0.1, 0.15) is 0 Å². The number of thioether (sulfide) groups is 1. The molecule has 0 aromatic carbocycles.